The van der Waals surface area contributed by atoms with E-state index < -0.39 is 11.7 Å². The molecule has 0 aliphatic carbocycles. The highest BCUT2D eigenvalue weighted by Gasteiger charge is 2.30. The van der Waals surface area contributed by atoms with Crippen LogP contribution in [0, 0.1) is 0 Å². The van der Waals surface area contributed by atoms with Crippen molar-refractivity contribution in [2.45, 2.75) is 32.0 Å². The lowest BCUT2D eigenvalue weighted by molar-refractivity contribution is -0.137. The molecule has 0 fully saturated rings. The maximum absolute atomic E-state index is 12.7. The van der Waals surface area contributed by atoms with Gasteiger partial charge in [-0.2, -0.15) is 13.2 Å². The summed E-state index contributed by atoms with van der Waals surface area (Å²) < 4.78 is 43.6. The first-order valence-electron chi connectivity index (χ1n) is 7.08. The van der Waals surface area contributed by atoms with E-state index in [1.807, 2.05) is 13.0 Å². The third kappa shape index (κ3) is 4.49. The number of halogens is 3. The van der Waals surface area contributed by atoms with Crippen molar-refractivity contribution in [3.63, 3.8) is 0 Å². The quantitative estimate of drug-likeness (QED) is 0.863. The van der Waals surface area contributed by atoms with Gasteiger partial charge in [0.15, 0.2) is 0 Å². The van der Waals surface area contributed by atoms with Crippen LogP contribution in [0.25, 0.3) is 0 Å². The lowest BCUT2D eigenvalue weighted by atomic mass is 10.0. The van der Waals surface area contributed by atoms with Crippen LogP contribution in [-0.4, -0.2) is 6.04 Å². The lowest BCUT2D eigenvalue weighted by Crippen LogP contribution is -2.21. The zero-order chi connectivity index (χ0) is 16.2. The molecule has 0 bridgehead atoms. The third-order valence-corrected chi connectivity index (χ3v) is 3.32. The molecule has 0 spiro atoms. The van der Waals surface area contributed by atoms with Crippen molar-refractivity contribution in [2.75, 3.05) is 0 Å². The van der Waals surface area contributed by atoms with E-state index >= 15 is 0 Å². The van der Waals surface area contributed by atoms with Gasteiger partial charge in [-0.1, -0.05) is 25.1 Å². The van der Waals surface area contributed by atoms with Crippen molar-refractivity contribution in [3.8, 4) is 11.5 Å². The zero-order valence-corrected chi connectivity index (χ0v) is 12.2. The Morgan fingerprint density at radius 3 is 2.32 bits per heavy atom. The molecular formula is C17H18F3NO. The van der Waals surface area contributed by atoms with Gasteiger partial charge in [0.2, 0.25) is 0 Å². The van der Waals surface area contributed by atoms with Crippen LogP contribution >= 0.6 is 0 Å². The van der Waals surface area contributed by atoms with Gasteiger partial charge in [-0.25, -0.2) is 0 Å². The fourth-order valence-corrected chi connectivity index (χ4v) is 2.06. The van der Waals surface area contributed by atoms with Crippen LogP contribution in [0.1, 0.15) is 24.5 Å². The molecule has 0 heterocycles. The average molecular weight is 309 g/mol. The Balaban J connectivity index is 2.15. The summed E-state index contributed by atoms with van der Waals surface area (Å²) in [7, 11) is 0. The first kappa shape index (κ1) is 16.4. The van der Waals surface area contributed by atoms with Crippen LogP contribution in [0.15, 0.2) is 48.5 Å². The smallest absolute Gasteiger partial charge is 0.416 e. The van der Waals surface area contributed by atoms with Crippen LogP contribution in [0.4, 0.5) is 13.2 Å². The normalized spacial score (nSPS) is 13.0. The monoisotopic (exact) mass is 309 g/mol. The van der Waals surface area contributed by atoms with E-state index in [2.05, 4.69) is 0 Å². The van der Waals surface area contributed by atoms with Gasteiger partial charge in [0.1, 0.15) is 11.5 Å². The summed E-state index contributed by atoms with van der Waals surface area (Å²) in [5, 5.41) is 0. The molecule has 2 N–H and O–H groups in total. The fourth-order valence-electron chi connectivity index (χ4n) is 2.06. The lowest BCUT2D eigenvalue weighted by Gasteiger charge is -2.12. The number of alkyl halides is 3. The molecule has 0 aliphatic heterocycles. The number of rotatable bonds is 5. The molecule has 0 amide bonds. The highest BCUT2D eigenvalue weighted by molar-refractivity contribution is 5.36. The van der Waals surface area contributed by atoms with Crippen LogP contribution in [-0.2, 0) is 12.6 Å². The van der Waals surface area contributed by atoms with Gasteiger partial charge >= 0.3 is 6.18 Å². The van der Waals surface area contributed by atoms with Gasteiger partial charge in [-0.3, -0.25) is 0 Å². The van der Waals surface area contributed by atoms with Gasteiger partial charge < -0.3 is 10.5 Å². The topological polar surface area (TPSA) is 35.2 Å². The van der Waals surface area contributed by atoms with Gasteiger partial charge in [-0.05, 0) is 48.7 Å². The van der Waals surface area contributed by atoms with Crippen molar-refractivity contribution in [1.82, 2.24) is 0 Å². The Morgan fingerprint density at radius 1 is 1.05 bits per heavy atom. The highest BCUT2D eigenvalue weighted by atomic mass is 19.4. The Labute approximate surface area is 127 Å². The van der Waals surface area contributed by atoms with E-state index in [1.165, 1.54) is 12.1 Å². The highest BCUT2D eigenvalue weighted by Crippen LogP contribution is 2.32. The fraction of sp³-hybridized carbons (Fsp3) is 0.294. The summed E-state index contributed by atoms with van der Waals surface area (Å²) in [5.41, 5.74) is 6.18. The van der Waals surface area contributed by atoms with Crippen LogP contribution in [0.2, 0.25) is 0 Å². The number of hydrogen-bond donors (Lipinski definition) is 1. The minimum absolute atomic E-state index is 0.0591. The Morgan fingerprint density at radius 2 is 1.68 bits per heavy atom. The first-order chi connectivity index (χ1) is 10.4. The van der Waals surface area contributed by atoms with Crippen molar-refractivity contribution < 1.29 is 17.9 Å². The summed E-state index contributed by atoms with van der Waals surface area (Å²) in [6.45, 7) is 2.01. The number of hydrogen-bond acceptors (Lipinski definition) is 2. The molecule has 1 unspecified atom stereocenters. The van der Waals surface area contributed by atoms with Crippen molar-refractivity contribution >= 4 is 0 Å². The standard InChI is InChI=1S/C17H18F3NO/c1-2-14(21)9-12-5-3-7-15(10-12)22-16-8-4-6-13(11-16)17(18,19)20/h3-8,10-11,14H,2,9,21H2,1H3. The van der Waals surface area contributed by atoms with Gasteiger partial charge in [0, 0.05) is 6.04 Å². The Bertz CT molecular complexity index is 625. The molecule has 2 aromatic carbocycles. The van der Waals surface area contributed by atoms with Crippen molar-refractivity contribution in [2.24, 2.45) is 5.73 Å². The predicted octanol–water partition coefficient (Wildman–Crippen LogP) is 4.78. The van der Waals surface area contributed by atoms with Crippen molar-refractivity contribution in [1.29, 1.82) is 0 Å². The molecule has 2 rings (SSSR count). The summed E-state index contributed by atoms with van der Waals surface area (Å²) in [4.78, 5) is 0. The number of ether oxygens (including phenoxy) is 1. The summed E-state index contributed by atoms with van der Waals surface area (Å²) >= 11 is 0. The Kier molecular flexibility index (Phi) is 5.08. The van der Waals surface area contributed by atoms with E-state index in [1.54, 1.807) is 18.2 Å². The van der Waals surface area contributed by atoms with Crippen LogP contribution < -0.4 is 10.5 Å². The zero-order valence-electron chi connectivity index (χ0n) is 12.2. The summed E-state index contributed by atoms with van der Waals surface area (Å²) in [6.07, 6.45) is -2.82. The van der Waals surface area contributed by atoms with Gasteiger partial charge in [0.25, 0.3) is 0 Å². The molecule has 0 saturated heterocycles. The molecule has 1 atom stereocenters. The first-order valence-corrected chi connectivity index (χ1v) is 7.08. The Hall–Kier alpha value is -2.01. The third-order valence-electron chi connectivity index (χ3n) is 3.32. The van der Waals surface area contributed by atoms with E-state index in [0.29, 0.717) is 12.2 Å². The van der Waals surface area contributed by atoms with E-state index in [9.17, 15) is 13.2 Å². The molecule has 5 heteroatoms. The second-order valence-corrected chi connectivity index (χ2v) is 5.15. The molecule has 118 valence electrons. The maximum atomic E-state index is 12.7. The predicted molar refractivity (Wildman–Crippen MR) is 79.9 cm³/mol. The van der Waals surface area contributed by atoms with Crippen molar-refractivity contribution in [3.05, 3.63) is 59.7 Å². The SMILES string of the molecule is CCC(N)Cc1cccc(Oc2cccc(C(F)(F)F)c2)c1. The molecule has 2 aromatic rings. The summed E-state index contributed by atoms with van der Waals surface area (Å²) in [6, 6.07) is 12.1. The van der Waals surface area contributed by atoms with Gasteiger partial charge in [-0.15, -0.1) is 0 Å². The molecule has 22 heavy (non-hydrogen) atoms. The summed E-state index contributed by atoms with van der Waals surface area (Å²) in [5.74, 6) is 0.659. The second-order valence-electron chi connectivity index (χ2n) is 5.15. The van der Waals surface area contributed by atoms with E-state index in [0.717, 1.165) is 24.1 Å². The number of benzene rings is 2. The molecule has 0 aromatic heterocycles. The van der Waals surface area contributed by atoms with Crippen LogP contribution in [0.3, 0.4) is 0 Å². The minimum Gasteiger partial charge on any atom is -0.457 e. The molecule has 2 nitrogen and oxygen atoms in total. The minimum atomic E-state index is -4.38. The second kappa shape index (κ2) is 6.83. The van der Waals surface area contributed by atoms with Gasteiger partial charge in [0.05, 0.1) is 5.56 Å². The number of nitrogens with two attached hydrogens (primary N) is 1. The molecule has 0 aliphatic rings. The largest absolute Gasteiger partial charge is 0.457 e. The molecular weight excluding hydrogens is 291 g/mol. The van der Waals surface area contributed by atoms with E-state index in [-0.39, 0.29) is 11.8 Å². The molecule has 0 radical (unpaired) electrons. The average Bonchev–Trinajstić information content (AvgIpc) is 2.47. The molecule has 0 saturated carbocycles. The maximum Gasteiger partial charge on any atom is 0.416 e. The van der Waals surface area contributed by atoms with Crippen LogP contribution in [0.5, 0.6) is 11.5 Å². The van der Waals surface area contributed by atoms with E-state index in [4.69, 9.17) is 10.5 Å².